The smallest absolute Gasteiger partial charge is 0.339 e. The third-order valence-electron chi connectivity index (χ3n) is 2.57. The van der Waals surface area contributed by atoms with Crippen molar-refractivity contribution in [3.05, 3.63) is 36.3 Å². The van der Waals surface area contributed by atoms with Gasteiger partial charge >= 0.3 is 5.97 Å². The first-order valence-corrected chi connectivity index (χ1v) is 5.63. The SMILES string of the molecule is CC(C)(C)n1cc(C(=O)O)c(-c2cccnc2)n1. The van der Waals surface area contributed by atoms with Gasteiger partial charge in [-0.2, -0.15) is 5.10 Å². The first kappa shape index (κ1) is 12.3. The van der Waals surface area contributed by atoms with Gasteiger partial charge in [0.15, 0.2) is 0 Å². The molecule has 0 saturated carbocycles. The molecular weight excluding hydrogens is 230 g/mol. The average molecular weight is 245 g/mol. The maximum atomic E-state index is 11.3. The maximum Gasteiger partial charge on any atom is 0.339 e. The predicted molar refractivity (Wildman–Crippen MR) is 67.4 cm³/mol. The second-order valence-corrected chi connectivity index (χ2v) is 5.05. The molecule has 2 heterocycles. The third kappa shape index (κ3) is 2.25. The monoisotopic (exact) mass is 245 g/mol. The Kier molecular flexibility index (Phi) is 2.90. The summed E-state index contributed by atoms with van der Waals surface area (Å²) < 4.78 is 1.67. The minimum absolute atomic E-state index is 0.193. The number of carboxylic acids is 1. The second-order valence-electron chi connectivity index (χ2n) is 5.05. The highest BCUT2D eigenvalue weighted by molar-refractivity contribution is 5.94. The van der Waals surface area contributed by atoms with Crippen LogP contribution in [0.4, 0.5) is 0 Å². The summed E-state index contributed by atoms with van der Waals surface area (Å²) in [5, 5.41) is 13.6. The topological polar surface area (TPSA) is 68.0 Å². The van der Waals surface area contributed by atoms with Crippen LogP contribution in [0.1, 0.15) is 31.1 Å². The largest absolute Gasteiger partial charge is 0.478 e. The van der Waals surface area contributed by atoms with E-state index >= 15 is 0 Å². The quantitative estimate of drug-likeness (QED) is 0.882. The van der Waals surface area contributed by atoms with Gasteiger partial charge in [-0.15, -0.1) is 0 Å². The Morgan fingerprint density at radius 1 is 1.39 bits per heavy atom. The molecular formula is C13H15N3O2. The number of hydrogen-bond acceptors (Lipinski definition) is 3. The molecule has 0 fully saturated rings. The lowest BCUT2D eigenvalue weighted by Crippen LogP contribution is -2.22. The summed E-state index contributed by atoms with van der Waals surface area (Å²) >= 11 is 0. The fraction of sp³-hybridized carbons (Fsp3) is 0.308. The van der Waals surface area contributed by atoms with Gasteiger partial charge in [0, 0.05) is 24.2 Å². The Labute approximate surface area is 105 Å². The van der Waals surface area contributed by atoms with E-state index in [1.54, 1.807) is 35.4 Å². The van der Waals surface area contributed by atoms with Crippen LogP contribution in [0.5, 0.6) is 0 Å². The molecule has 0 aliphatic carbocycles. The van der Waals surface area contributed by atoms with Gasteiger partial charge in [0.05, 0.1) is 5.54 Å². The van der Waals surface area contributed by atoms with Crippen molar-refractivity contribution in [2.24, 2.45) is 0 Å². The molecule has 0 saturated heterocycles. The number of aromatic carboxylic acids is 1. The number of hydrogen-bond donors (Lipinski definition) is 1. The lowest BCUT2D eigenvalue weighted by molar-refractivity contribution is 0.0697. The van der Waals surface area contributed by atoms with Gasteiger partial charge in [-0.25, -0.2) is 4.79 Å². The fourth-order valence-corrected chi connectivity index (χ4v) is 1.59. The number of carboxylic acid groups (broad SMARTS) is 1. The molecule has 0 aromatic carbocycles. The van der Waals surface area contributed by atoms with Gasteiger partial charge < -0.3 is 5.11 Å². The summed E-state index contributed by atoms with van der Waals surface area (Å²) in [6.07, 6.45) is 4.82. The lowest BCUT2D eigenvalue weighted by atomic mass is 10.1. The first-order valence-electron chi connectivity index (χ1n) is 5.63. The standard InChI is InChI=1S/C13H15N3O2/c1-13(2,3)16-8-10(12(17)18)11(15-16)9-5-4-6-14-7-9/h4-8H,1-3H3,(H,17,18). The van der Waals surface area contributed by atoms with Crippen molar-refractivity contribution < 1.29 is 9.90 Å². The van der Waals surface area contributed by atoms with E-state index in [1.165, 1.54) is 0 Å². The summed E-state index contributed by atoms with van der Waals surface area (Å²) in [6, 6.07) is 3.56. The van der Waals surface area contributed by atoms with Gasteiger partial charge in [-0.05, 0) is 32.9 Å². The molecule has 0 aliphatic heterocycles. The highest BCUT2D eigenvalue weighted by Crippen LogP contribution is 2.24. The summed E-state index contributed by atoms with van der Waals surface area (Å²) in [6.45, 7) is 5.91. The van der Waals surface area contributed by atoms with Crippen LogP contribution in [0.3, 0.4) is 0 Å². The van der Waals surface area contributed by atoms with Crippen molar-refractivity contribution >= 4 is 5.97 Å². The van der Waals surface area contributed by atoms with Crippen molar-refractivity contribution in [3.8, 4) is 11.3 Å². The molecule has 2 aromatic heterocycles. The Morgan fingerprint density at radius 3 is 2.61 bits per heavy atom. The maximum absolute atomic E-state index is 11.3. The average Bonchev–Trinajstić information content (AvgIpc) is 2.74. The van der Waals surface area contributed by atoms with Crippen LogP contribution in [0.15, 0.2) is 30.7 Å². The molecule has 5 nitrogen and oxygen atoms in total. The van der Waals surface area contributed by atoms with Crippen LogP contribution in [-0.4, -0.2) is 25.8 Å². The highest BCUT2D eigenvalue weighted by atomic mass is 16.4. The molecule has 0 radical (unpaired) electrons. The minimum Gasteiger partial charge on any atom is -0.478 e. The van der Waals surface area contributed by atoms with Gasteiger partial charge in [0.1, 0.15) is 11.3 Å². The van der Waals surface area contributed by atoms with Crippen molar-refractivity contribution in [3.63, 3.8) is 0 Å². The Hall–Kier alpha value is -2.17. The number of rotatable bonds is 2. The normalized spacial score (nSPS) is 11.5. The van der Waals surface area contributed by atoms with Crippen LogP contribution in [0, 0.1) is 0 Å². The minimum atomic E-state index is -0.982. The fourth-order valence-electron chi connectivity index (χ4n) is 1.59. The lowest BCUT2D eigenvalue weighted by Gasteiger charge is -2.18. The molecule has 0 aliphatic rings. The highest BCUT2D eigenvalue weighted by Gasteiger charge is 2.22. The summed E-state index contributed by atoms with van der Waals surface area (Å²) in [5.41, 5.74) is 1.09. The van der Waals surface area contributed by atoms with E-state index in [4.69, 9.17) is 0 Å². The number of pyridine rings is 1. The van der Waals surface area contributed by atoms with E-state index < -0.39 is 5.97 Å². The summed E-state index contributed by atoms with van der Waals surface area (Å²) in [5.74, 6) is -0.982. The van der Waals surface area contributed by atoms with Crippen LogP contribution in [-0.2, 0) is 5.54 Å². The molecule has 5 heteroatoms. The van der Waals surface area contributed by atoms with E-state index in [1.807, 2.05) is 20.8 Å². The van der Waals surface area contributed by atoms with Crippen LogP contribution in [0.2, 0.25) is 0 Å². The first-order chi connectivity index (χ1) is 8.39. The zero-order chi connectivity index (χ0) is 13.3. The van der Waals surface area contributed by atoms with Crippen molar-refractivity contribution in [2.45, 2.75) is 26.3 Å². The van der Waals surface area contributed by atoms with E-state index in [9.17, 15) is 9.90 Å². The van der Waals surface area contributed by atoms with Crippen molar-refractivity contribution in [2.75, 3.05) is 0 Å². The van der Waals surface area contributed by atoms with Crippen LogP contribution >= 0.6 is 0 Å². The molecule has 1 N–H and O–H groups in total. The van der Waals surface area contributed by atoms with Crippen LogP contribution < -0.4 is 0 Å². The van der Waals surface area contributed by atoms with E-state index in [0.717, 1.165) is 0 Å². The Balaban J connectivity index is 2.60. The van der Waals surface area contributed by atoms with Gasteiger partial charge in [-0.3, -0.25) is 9.67 Å². The second kappa shape index (κ2) is 4.25. The van der Waals surface area contributed by atoms with E-state index in [2.05, 4.69) is 10.1 Å². The van der Waals surface area contributed by atoms with Gasteiger partial charge in [0.2, 0.25) is 0 Å². The molecule has 0 bridgehead atoms. The van der Waals surface area contributed by atoms with Gasteiger partial charge in [0.25, 0.3) is 0 Å². The third-order valence-corrected chi connectivity index (χ3v) is 2.57. The zero-order valence-electron chi connectivity index (χ0n) is 10.6. The van der Waals surface area contributed by atoms with E-state index in [-0.39, 0.29) is 11.1 Å². The molecule has 0 atom stereocenters. The van der Waals surface area contributed by atoms with Crippen molar-refractivity contribution in [1.29, 1.82) is 0 Å². The molecule has 0 spiro atoms. The molecule has 0 amide bonds. The molecule has 18 heavy (non-hydrogen) atoms. The van der Waals surface area contributed by atoms with Crippen molar-refractivity contribution in [1.82, 2.24) is 14.8 Å². The molecule has 2 aromatic rings. The summed E-state index contributed by atoms with van der Waals surface area (Å²) in [4.78, 5) is 15.3. The summed E-state index contributed by atoms with van der Waals surface area (Å²) in [7, 11) is 0. The van der Waals surface area contributed by atoms with Gasteiger partial charge in [-0.1, -0.05) is 0 Å². The molecule has 0 unspecified atom stereocenters. The van der Waals surface area contributed by atoms with E-state index in [0.29, 0.717) is 11.3 Å². The number of carbonyl (C=O) groups is 1. The number of nitrogens with zero attached hydrogens (tertiary/aromatic N) is 3. The Morgan fingerprint density at radius 2 is 2.11 bits per heavy atom. The zero-order valence-corrected chi connectivity index (χ0v) is 10.6. The Bertz CT molecular complexity index is 568. The van der Waals surface area contributed by atoms with Crippen LogP contribution in [0.25, 0.3) is 11.3 Å². The predicted octanol–water partition coefficient (Wildman–Crippen LogP) is 2.40. The number of aromatic nitrogens is 3. The molecule has 94 valence electrons. The molecule has 2 rings (SSSR count).